The zero-order valence-corrected chi connectivity index (χ0v) is 15.6. The second-order valence-electron chi connectivity index (χ2n) is 6.01. The molecule has 0 saturated heterocycles. The van der Waals surface area contributed by atoms with E-state index in [0.717, 1.165) is 21.6 Å². The van der Waals surface area contributed by atoms with E-state index in [2.05, 4.69) is 21.0 Å². The molecule has 3 aromatic carbocycles. The van der Waals surface area contributed by atoms with E-state index < -0.39 is 0 Å². The molecule has 0 spiro atoms. The lowest BCUT2D eigenvalue weighted by Gasteiger charge is -2.09. The van der Waals surface area contributed by atoms with Gasteiger partial charge in [0.25, 0.3) is 0 Å². The average Bonchev–Trinajstić information content (AvgIpc) is 2.79. The summed E-state index contributed by atoms with van der Waals surface area (Å²) in [6.07, 6.45) is 0. The van der Waals surface area contributed by atoms with Crippen molar-refractivity contribution in [3.8, 4) is 40.2 Å². The third kappa shape index (κ3) is 3.76. The summed E-state index contributed by atoms with van der Waals surface area (Å²) in [5, 5.41) is 14.9. The van der Waals surface area contributed by atoms with Crippen molar-refractivity contribution < 1.29 is 0 Å². The molecule has 134 valence electrons. The van der Waals surface area contributed by atoms with Crippen LogP contribution in [-0.4, -0.2) is 15.0 Å². The number of rotatable bonds is 4. The first kappa shape index (κ1) is 17.9. The third-order valence-electron chi connectivity index (χ3n) is 4.15. The maximum Gasteiger partial charge on any atom is 0.164 e. The molecule has 0 bridgehead atoms. The van der Waals surface area contributed by atoms with Crippen molar-refractivity contribution >= 4 is 11.9 Å². The Morgan fingerprint density at radius 3 is 1.89 bits per heavy atom. The van der Waals surface area contributed by atoms with Crippen molar-refractivity contribution in [1.29, 1.82) is 5.26 Å². The van der Waals surface area contributed by atoms with Crippen LogP contribution in [0.25, 0.3) is 34.2 Å². The van der Waals surface area contributed by atoms with Gasteiger partial charge in [0.2, 0.25) is 0 Å². The van der Waals surface area contributed by atoms with Crippen LogP contribution in [0.1, 0.15) is 5.56 Å². The van der Waals surface area contributed by atoms with Gasteiger partial charge in [-0.25, -0.2) is 15.0 Å². The fourth-order valence-electron chi connectivity index (χ4n) is 2.79. The molecule has 0 aliphatic rings. The quantitative estimate of drug-likeness (QED) is 0.515. The van der Waals surface area contributed by atoms with E-state index in [1.54, 1.807) is 12.1 Å². The van der Waals surface area contributed by atoms with Gasteiger partial charge in [0.15, 0.2) is 17.5 Å². The molecular weight excluding hydrogens is 366 g/mol. The molecule has 0 fully saturated rings. The maximum atomic E-state index is 9.21. The van der Waals surface area contributed by atoms with Gasteiger partial charge in [0.05, 0.1) is 11.6 Å². The second kappa shape index (κ2) is 8.01. The number of hydrogen-bond donors (Lipinski definition) is 1. The van der Waals surface area contributed by atoms with Crippen molar-refractivity contribution in [1.82, 2.24) is 15.0 Å². The molecule has 0 radical (unpaired) electrons. The molecule has 6 heteroatoms. The molecule has 28 heavy (non-hydrogen) atoms. The minimum Gasteiger partial charge on any atom is -0.274 e. The molecule has 0 aliphatic heterocycles. The lowest BCUT2D eigenvalue weighted by atomic mass is 10.1. The van der Waals surface area contributed by atoms with Crippen molar-refractivity contribution in [2.24, 2.45) is 5.14 Å². The monoisotopic (exact) mass is 381 g/mol. The lowest BCUT2D eigenvalue weighted by molar-refractivity contribution is 1.07. The highest BCUT2D eigenvalue weighted by Gasteiger charge is 2.12. The van der Waals surface area contributed by atoms with Gasteiger partial charge < -0.3 is 0 Å². The summed E-state index contributed by atoms with van der Waals surface area (Å²) in [7, 11) is 0. The maximum absolute atomic E-state index is 9.21. The summed E-state index contributed by atoms with van der Waals surface area (Å²) in [6.45, 7) is 0. The zero-order valence-electron chi connectivity index (χ0n) is 14.8. The van der Waals surface area contributed by atoms with Gasteiger partial charge in [-0.15, -0.1) is 0 Å². The minimum absolute atomic E-state index is 0.520. The second-order valence-corrected chi connectivity index (χ2v) is 6.72. The number of benzene rings is 3. The standard InChI is InChI=1S/C22H15N5S/c23-14-15-6-4-9-17(12-15)21-25-20(16-7-2-1-3-8-16)26-22(27-21)18-10-5-11-19(13-18)28-24/h1-13H,24H2. The third-order valence-corrected chi connectivity index (χ3v) is 4.67. The first-order valence-corrected chi connectivity index (χ1v) is 9.44. The molecule has 1 heterocycles. The highest BCUT2D eigenvalue weighted by molar-refractivity contribution is 7.97. The zero-order chi connectivity index (χ0) is 19.3. The largest absolute Gasteiger partial charge is 0.274 e. The number of aromatic nitrogens is 3. The van der Waals surface area contributed by atoms with Gasteiger partial charge in [0, 0.05) is 21.6 Å². The highest BCUT2D eigenvalue weighted by Crippen LogP contribution is 2.26. The Hall–Kier alpha value is -3.53. The highest BCUT2D eigenvalue weighted by atomic mass is 32.2. The first-order valence-electron chi connectivity index (χ1n) is 8.56. The van der Waals surface area contributed by atoms with Crippen LogP contribution < -0.4 is 5.14 Å². The Kier molecular flexibility index (Phi) is 5.11. The smallest absolute Gasteiger partial charge is 0.164 e. The molecule has 0 saturated carbocycles. The van der Waals surface area contributed by atoms with Crippen molar-refractivity contribution in [3.05, 3.63) is 84.4 Å². The molecule has 5 nitrogen and oxygen atoms in total. The van der Waals surface area contributed by atoms with E-state index in [4.69, 9.17) is 5.14 Å². The Balaban J connectivity index is 1.92. The first-order chi connectivity index (χ1) is 13.8. The molecule has 0 aliphatic carbocycles. The van der Waals surface area contributed by atoms with E-state index >= 15 is 0 Å². The minimum atomic E-state index is 0.520. The van der Waals surface area contributed by atoms with Gasteiger partial charge >= 0.3 is 0 Å². The fraction of sp³-hybridized carbons (Fsp3) is 0. The predicted octanol–water partition coefficient (Wildman–Crippen LogP) is 4.71. The van der Waals surface area contributed by atoms with Crippen molar-refractivity contribution in [2.75, 3.05) is 0 Å². The van der Waals surface area contributed by atoms with Crippen LogP contribution in [-0.2, 0) is 0 Å². The Morgan fingerprint density at radius 1 is 0.679 bits per heavy atom. The van der Waals surface area contributed by atoms with E-state index in [1.165, 1.54) is 11.9 Å². The van der Waals surface area contributed by atoms with Crippen LogP contribution in [0.3, 0.4) is 0 Å². The summed E-state index contributed by atoms with van der Waals surface area (Å²) in [4.78, 5) is 14.9. The van der Waals surface area contributed by atoms with Crippen LogP contribution in [0, 0.1) is 11.3 Å². The average molecular weight is 381 g/mol. The number of nitrogens with two attached hydrogens (primary N) is 1. The van der Waals surface area contributed by atoms with Crippen LogP contribution >= 0.6 is 11.9 Å². The fourth-order valence-corrected chi connectivity index (χ4v) is 3.14. The molecule has 4 aromatic rings. The van der Waals surface area contributed by atoms with Crippen molar-refractivity contribution in [2.45, 2.75) is 4.90 Å². The summed E-state index contributed by atoms with van der Waals surface area (Å²) < 4.78 is 0. The number of hydrogen-bond acceptors (Lipinski definition) is 6. The van der Waals surface area contributed by atoms with E-state index in [9.17, 15) is 5.26 Å². The predicted molar refractivity (Wildman–Crippen MR) is 111 cm³/mol. The van der Waals surface area contributed by atoms with Crippen LogP contribution in [0.15, 0.2) is 83.8 Å². The Bertz CT molecular complexity index is 1170. The molecule has 0 amide bonds. The molecule has 0 unspecified atom stereocenters. The van der Waals surface area contributed by atoms with Crippen molar-refractivity contribution in [3.63, 3.8) is 0 Å². The summed E-state index contributed by atoms with van der Waals surface area (Å²) in [6, 6.07) is 26.9. The van der Waals surface area contributed by atoms with E-state index in [0.29, 0.717) is 23.0 Å². The Labute approximate surface area is 167 Å². The number of nitriles is 1. The van der Waals surface area contributed by atoms with Gasteiger partial charge in [-0.2, -0.15) is 5.26 Å². The van der Waals surface area contributed by atoms with Gasteiger partial charge in [-0.1, -0.05) is 54.6 Å². The van der Waals surface area contributed by atoms with Crippen LogP contribution in [0.4, 0.5) is 0 Å². The molecule has 1 aromatic heterocycles. The topological polar surface area (TPSA) is 88.5 Å². The lowest BCUT2D eigenvalue weighted by Crippen LogP contribution is -2.00. The SMILES string of the molecule is N#Cc1cccc(-c2nc(-c3ccccc3)nc(-c3cccc(SN)c3)n2)c1. The number of nitrogens with zero attached hydrogens (tertiary/aromatic N) is 4. The van der Waals surface area contributed by atoms with E-state index in [-0.39, 0.29) is 0 Å². The van der Waals surface area contributed by atoms with Gasteiger partial charge in [0.1, 0.15) is 0 Å². The summed E-state index contributed by atoms with van der Waals surface area (Å²) >= 11 is 1.18. The summed E-state index contributed by atoms with van der Waals surface area (Å²) in [5.74, 6) is 1.66. The molecule has 2 N–H and O–H groups in total. The molecular formula is C22H15N5S. The van der Waals surface area contributed by atoms with Gasteiger partial charge in [-0.05, 0) is 36.2 Å². The van der Waals surface area contributed by atoms with E-state index in [1.807, 2.05) is 66.7 Å². The van der Waals surface area contributed by atoms with Crippen LogP contribution in [0.5, 0.6) is 0 Å². The van der Waals surface area contributed by atoms with Gasteiger partial charge in [-0.3, -0.25) is 5.14 Å². The van der Waals surface area contributed by atoms with Crippen LogP contribution in [0.2, 0.25) is 0 Å². The normalized spacial score (nSPS) is 10.4. The Morgan fingerprint density at radius 2 is 1.25 bits per heavy atom. The summed E-state index contributed by atoms with van der Waals surface area (Å²) in [5.41, 5.74) is 3.08. The molecule has 0 atom stereocenters. The molecule has 4 rings (SSSR count).